The van der Waals surface area contributed by atoms with E-state index >= 15 is 0 Å². The van der Waals surface area contributed by atoms with E-state index in [1.54, 1.807) is 6.92 Å². The summed E-state index contributed by atoms with van der Waals surface area (Å²) in [6.07, 6.45) is 2.97. The molecule has 1 aliphatic rings. The van der Waals surface area contributed by atoms with Gasteiger partial charge in [-0.25, -0.2) is 18.1 Å². The van der Waals surface area contributed by atoms with Crippen LogP contribution in [0.2, 0.25) is 0 Å². The number of aliphatic hydroxyl groups is 1. The molecule has 4 N–H and O–H groups in total. The van der Waals surface area contributed by atoms with Crippen molar-refractivity contribution in [2.45, 2.75) is 44.8 Å². The summed E-state index contributed by atoms with van der Waals surface area (Å²) in [5.74, 6) is 0.413. The number of guanidine groups is 1. The molecule has 2 atom stereocenters. The molecule has 0 aromatic carbocycles. The molecule has 2 unspecified atom stereocenters. The van der Waals surface area contributed by atoms with E-state index in [4.69, 9.17) is 4.74 Å². The molecule has 0 radical (unpaired) electrons. The molecule has 0 bridgehead atoms. The lowest BCUT2D eigenvalue weighted by atomic mass is 10.1. The molecular weight excluding hydrogens is 527 g/mol. The highest BCUT2D eigenvalue weighted by Crippen LogP contribution is 2.25. The minimum Gasteiger partial charge on any atom is -0.383 e. The van der Waals surface area contributed by atoms with E-state index in [2.05, 4.69) is 20.3 Å². The Balaban J connectivity index is 0.00000420. The van der Waals surface area contributed by atoms with E-state index in [1.807, 2.05) is 24.4 Å². The van der Waals surface area contributed by atoms with Crippen LogP contribution in [0.25, 0.3) is 0 Å². The van der Waals surface area contributed by atoms with Gasteiger partial charge < -0.3 is 20.5 Å². The van der Waals surface area contributed by atoms with Crippen molar-refractivity contribution in [3.05, 3.63) is 22.4 Å². The van der Waals surface area contributed by atoms with Crippen molar-refractivity contribution >= 4 is 51.3 Å². The van der Waals surface area contributed by atoms with Crippen LogP contribution >= 0.6 is 35.3 Å². The second kappa shape index (κ2) is 13.1. The molecule has 1 fully saturated rings. The first kappa shape index (κ1) is 26.6. The van der Waals surface area contributed by atoms with Crippen LogP contribution in [-0.2, 0) is 20.4 Å². The lowest BCUT2D eigenvalue weighted by Crippen LogP contribution is -2.43. The topological polar surface area (TPSA) is 112 Å². The lowest BCUT2D eigenvalue weighted by molar-refractivity contribution is 0.0200. The fourth-order valence-electron chi connectivity index (χ4n) is 2.80. The molecule has 0 aliphatic carbocycles. The number of thiophene rings is 1. The van der Waals surface area contributed by atoms with E-state index in [0.29, 0.717) is 25.7 Å². The van der Waals surface area contributed by atoms with Crippen molar-refractivity contribution in [2.24, 2.45) is 4.99 Å². The molecule has 11 heteroatoms. The number of nitrogens with one attached hydrogen (secondary N) is 3. The number of aliphatic imine (C=N–C) groups is 1. The average molecular weight is 561 g/mol. The first-order valence-corrected chi connectivity index (χ1v) is 12.2. The monoisotopic (exact) mass is 560 g/mol. The number of rotatable bonds is 10. The summed E-state index contributed by atoms with van der Waals surface area (Å²) in [4.78, 5) is 5.23. The number of nitrogens with zero attached hydrogens (tertiary/aromatic N) is 1. The highest BCUT2D eigenvalue weighted by Gasteiger charge is 2.24. The minimum absolute atomic E-state index is 0. The van der Waals surface area contributed by atoms with Crippen LogP contribution in [0.5, 0.6) is 0 Å². The first-order chi connectivity index (χ1) is 13.3. The Hall–Kier alpha value is -0.470. The van der Waals surface area contributed by atoms with Crippen molar-refractivity contribution < 1.29 is 18.3 Å². The van der Waals surface area contributed by atoms with Crippen molar-refractivity contribution in [3.63, 3.8) is 0 Å². The maximum Gasteiger partial charge on any atom is 0.213 e. The molecule has 1 aromatic rings. The van der Waals surface area contributed by atoms with E-state index in [9.17, 15) is 13.5 Å². The second-order valence-electron chi connectivity index (χ2n) is 7.03. The molecule has 29 heavy (non-hydrogen) atoms. The highest BCUT2D eigenvalue weighted by atomic mass is 127. The summed E-state index contributed by atoms with van der Waals surface area (Å²) in [5, 5.41) is 18.6. The van der Waals surface area contributed by atoms with Gasteiger partial charge in [-0.1, -0.05) is 6.07 Å². The third kappa shape index (κ3) is 9.92. The summed E-state index contributed by atoms with van der Waals surface area (Å²) < 4.78 is 32.5. The summed E-state index contributed by atoms with van der Waals surface area (Å²) in [7, 11) is -3.39. The predicted molar refractivity (Wildman–Crippen MR) is 129 cm³/mol. The van der Waals surface area contributed by atoms with Crippen molar-refractivity contribution in [3.8, 4) is 0 Å². The molecule has 0 amide bonds. The molecule has 1 aliphatic heterocycles. The van der Waals surface area contributed by atoms with Crippen molar-refractivity contribution in [1.29, 1.82) is 0 Å². The van der Waals surface area contributed by atoms with Gasteiger partial charge in [0, 0.05) is 31.1 Å². The fourth-order valence-corrected chi connectivity index (χ4v) is 4.54. The zero-order valence-corrected chi connectivity index (χ0v) is 21.0. The number of hydrogen-bond acceptors (Lipinski definition) is 6. The van der Waals surface area contributed by atoms with Gasteiger partial charge >= 0.3 is 0 Å². The van der Waals surface area contributed by atoms with Crippen molar-refractivity contribution in [2.75, 3.05) is 38.5 Å². The van der Waals surface area contributed by atoms with Crippen LogP contribution in [0.15, 0.2) is 22.5 Å². The van der Waals surface area contributed by atoms with Gasteiger partial charge in [-0.05, 0) is 44.6 Å². The standard InChI is InChI=1S/C18H32N4O4S2.HI/c1-3-19-17(21-14-18(2,23)16-8-6-11-27-16)20-9-12-28(24,25)22-13-15-7-4-5-10-26-15;/h6,8,11,15,22-23H,3-5,7,9-10,12-14H2,1-2H3,(H2,19,20,21);1H. The van der Waals surface area contributed by atoms with Gasteiger partial charge in [0.1, 0.15) is 5.60 Å². The molecule has 2 heterocycles. The summed E-state index contributed by atoms with van der Waals surface area (Å²) in [6, 6.07) is 3.76. The Bertz CT molecular complexity index is 705. The molecule has 0 saturated carbocycles. The van der Waals surface area contributed by atoms with Gasteiger partial charge in [-0.3, -0.25) is 0 Å². The van der Waals surface area contributed by atoms with Gasteiger partial charge in [-0.15, -0.1) is 35.3 Å². The maximum atomic E-state index is 12.2. The molecular formula is C18H33IN4O4S2. The number of sulfonamides is 1. The maximum absolute atomic E-state index is 12.2. The van der Waals surface area contributed by atoms with E-state index in [-0.39, 0.29) is 48.9 Å². The predicted octanol–water partition coefficient (Wildman–Crippen LogP) is 1.62. The molecule has 0 spiro atoms. The quantitative estimate of drug-likeness (QED) is 0.197. The lowest BCUT2D eigenvalue weighted by Gasteiger charge is -2.22. The Morgan fingerprint density at radius 1 is 1.41 bits per heavy atom. The summed E-state index contributed by atoms with van der Waals surface area (Å²) in [6.45, 7) is 5.69. The molecule has 1 saturated heterocycles. The molecule has 1 aromatic heterocycles. The Morgan fingerprint density at radius 3 is 2.83 bits per heavy atom. The fraction of sp³-hybridized carbons (Fsp3) is 0.722. The molecule has 8 nitrogen and oxygen atoms in total. The van der Waals surface area contributed by atoms with Crippen LogP contribution in [-0.4, -0.2) is 64.1 Å². The largest absolute Gasteiger partial charge is 0.383 e. The Labute approximate surface area is 195 Å². The van der Waals surface area contributed by atoms with Crippen LogP contribution in [0.4, 0.5) is 0 Å². The first-order valence-electron chi connectivity index (χ1n) is 9.70. The SMILES string of the molecule is CCNC(=NCC(C)(O)c1cccs1)NCCS(=O)(=O)NCC1CCCCO1.I. The summed E-state index contributed by atoms with van der Waals surface area (Å²) in [5.41, 5.74) is -1.07. The third-order valence-electron chi connectivity index (χ3n) is 4.41. The third-order valence-corrected chi connectivity index (χ3v) is 6.88. The molecule has 168 valence electrons. The van der Waals surface area contributed by atoms with E-state index < -0.39 is 15.6 Å². The minimum atomic E-state index is -3.39. The average Bonchev–Trinajstić information content (AvgIpc) is 3.21. The Kier molecular flexibility index (Phi) is 12.0. The van der Waals surface area contributed by atoms with Crippen LogP contribution in [0.3, 0.4) is 0 Å². The summed E-state index contributed by atoms with van der Waals surface area (Å²) >= 11 is 1.48. The highest BCUT2D eigenvalue weighted by molar-refractivity contribution is 14.0. The van der Waals surface area contributed by atoms with Crippen LogP contribution in [0, 0.1) is 0 Å². The van der Waals surface area contributed by atoms with Crippen molar-refractivity contribution in [1.82, 2.24) is 15.4 Å². The zero-order chi connectivity index (χ0) is 20.5. The molecule has 2 rings (SSSR count). The number of hydrogen-bond donors (Lipinski definition) is 4. The van der Waals surface area contributed by atoms with E-state index in [0.717, 1.165) is 24.1 Å². The normalized spacial score (nSPS) is 19.8. The second-order valence-corrected chi connectivity index (χ2v) is 9.90. The van der Waals surface area contributed by atoms with Gasteiger partial charge in [0.2, 0.25) is 10.0 Å². The smallest absolute Gasteiger partial charge is 0.213 e. The van der Waals surface area contributed by atoms with Crippen LogP contribution in [0.1, 0.15) is 38.0 Å². The van der Waals surface area contributed by atoms with Gasteiger partial charge in [0.15, 0.2) is 5.96 Å². The zero-order valence-electron chi connectivity index (χ0n) is 17.0. The van der Waals surface area contributed by atoms with Gasteiger partial charge in [0.25, 0.3) is 0 Å². The Morgan fingerprint density at radius 2 is 2.21 bits per heavy atom. The number of ether oxygens (including phenoxy) is 1. The van der Waals surface area contributed by atoms with Crippen LogP contribution < -0.4 is 15.4 Å². The number of halogens is 1. The van der Waals surface area contributed by atoms with Gasteiger partial charge in [-0.2, -0.15) is 0 Å². The van der Waals surface area contributed by atoms with Gasteiger partial charge in [0.05, 0.1) is 18.4 Å². The van der Waals surface area contributed by atoms with E-state index in [1.165, 1.54) is 11.3 Å².